The van der Waals surface area contributed by atoms with E-state index in [4.69, 9.17) is 0 Å². The van der Waals surface area contributed by atoms with E-state index in [-0.39, 0.29) is 11.9 Å². The maximum Gasteiger partial charge on any atom is 0.254 e. The van der Waals surface area contributed by atoms with E-state index in [1.54, 1.807) is 36.5 Å². The van der Waals surface area contributed by atoms with Gasteiger partial charge in [-0.2, -0.15) is 0 Å². The first-order chi connectivity index (χ1) is 9.99. The molecule has 0 spiro atoms. The van der Waals surface area contributed by atoms with Gasteiger partial charge >= 0.3 is 0 Å². The number of aromatic nitrogens is 2. The lowest BCUT2D eigenvalue weighted by molar-refractivity contribution is 0.0579. The largest absolute Gasteiger partial charge is 0.392 e. The van der Waals surface area contributed by atoms with Gasteiger partial charge in [0.25, 0.3) is 5.91 Å². The Morgan fingerprint density at radius 1 is 1.29 bits per heavy atom. The lowest BCUT2D eigenvalue weighted by Gasteiger charge is -2.28. The molecule has 0 fully saturated rings. The smallest absolute Gasteiger partial charge is 0.254 e. The maximum absolute atomic E-state index is 12.5. The minimum Gasteiger partial charge on any atom is -0.392 e. The van der Waals surface area contributed by atoms with Crippen molar-refractivity contribution in [1.29, 1.82) is 0 Å². The molecule has 0 bridgehead atoms. The van der Waals surface area contributed by atoms with Crippen LogP contribution in [0, 0.1) is 0 Å². The van der Waals surface area contributed by atoms with Crippen molar-refractivity contribution in [3.8, 4) is 5.69 Å². The summed E-state index contributed by atoms with van der Waals surface area (Å²) in [7, 11) is 0. The lowest BCUT2D eigenvalue weighted by Crippen LogP contribution is -2.41. The fraction of sp³-hybridized carbons (Fsp3) is 0.375. The highest BCUT2D eigenvalue weighted by atomic mass is 16.3. The number of hydrogen-bond acceptors (Lipinski definition) is 3. The van der Waals surface area contributed by atoms with Gasteiger partial charge in [-0.25, -0.2) is 4.98 Å². The van der Waals surface area contributed by atoms with E-state index < -0.39 is 6.10 Å². The summed E-state index contributed by atoms with van der Waals surface area (Å²) in [4.78, 5) is 18.2. The molecule has 1 heterocycles. The Morgan fingerprint density at radius 2 is 1.95 bits per heavy atom. The topological polar surface area (TPSA) is 58.4 Å². The van der Waals surface area contributed by atoms with Crippen molar-refractivity contribution in [1.82, 2.24) is 14.5 Å². The van der Waals surface area contributed by atoms with E-state index >= 15 is 0 Å². The van der Waals surface area contributed by atoms with Gasteiger partial charge in [0.2, 0.25) is 0 Å². The highest BCUT2D eigenvalue weighted by Gasteiger charge is 2.20. The molecular weight excluding hydrogens is 266 g/mol. The van der Waals surface area contributed by atoms with Crippen LogP contribution in [0.2, 0.25) is 0 Å². The summed E-state index contributed by atoms with van der Waals surface area (Å²) in [6.07, 6.45) is 4.74. The Bertz CT molecular complexity index is 574. The molecule has 1 N–H and O–H groups in total. The average Bonchev–Trinajstić information content (AvgIpc) is 2.98. The SMILES string of the molecule is CC(O)CN(C(=O)c1ccc(-n2ccnc2)cc1)C(C)C. The molecule has 21 heavy (non-hydrogen) atoms. The first-order valence-corrected chi connectivity index (χ1v) is 7.06. The second-order valence-corrected chi connectivity index (χ2v) is 5.42. The van der Waals surface area contributed by atoms with Crippen molar-refractivity contribution in [3.63, 3.8) is 0 Å². The molecule has 0 aliphatic carbocycles. The number of aliphatic hydroxyl groups excluding tert-OH is 1. The van der Waals surface area contributed by atoms with Crippen molar-refractivity contribution in [2.45, 2.75) is 32.9 Å². The standard InChI is InChI=1S/C16H21N3O2/c1-12(2)19(10-13(3)20)16(21)14-4-6-15(7-5-14)18-9-8-17-11-18/h4-9,11-13,20H,10H2,1-3H3. The molecule has 112 valence electrons. The van der Waals surface area contributed by atoms with Crippen molar-refractivity contribution >= 4 is 5.91 Å². The number of benzene rings is 1. The van der Waals surface area contributed by atoms with Crippen LogP contribution in [0.4, 0.5) is 0 Å². The van der Waals surface area contributed by atoms with Gasteiger partial charge in [0.15, 0.2) is 0 Å². The average molecular weight is 287 g/mol. The number of hydrogen-bond donors (Lipinski definition) is 1. The molecule has 0 saturated carbocycles. The van der Waals surface area contributed by atoms with Gasteiger partial charge in [0, 0.05) is 36.2 Å². The third-order valence-electron chi connectivity index (χ3n) is 3.26. The van der Waals surface area contributed by atoms with Crippen LogP contribution in [0.3, 0.4) is 0 Å². The van der Waals surface area contributed by atoms with Crippen molar-refractivity contribution in [2.75, 3.05) is 6.54 Å². The van der Waals surface area contributed by atoms with Crippen molar-refractivity contribution in [2.24, 2.45) is 0 Å². The van der Waals surface area contributed by atoms with Crippen LogP contribution in [0.15, 0.2) is 43.0 Å². The minimum atomic E-state index is -0.540. The van der Waals surface area contributed by atoms with E-state index in [1.807, 2.05) is 36.7 Å². The normalized spacial score (nSPS) is 12.4. The Labute approximate surface area is 124 Å². The molecule has 1 unspecified atom stereocenters. The molecule has 5 heteroatoms. The molecule has 5 nitrogen and oxygen atoms in total. The molecule has 0 aliphatic rings. The van der Waals surface area contributed by atoms with Gasteiger partial charge in [0.1, 0.15) is 0 Å². The van der Waals surface area contributed by atoms with Crippen molar-refractivity contribution in [3.05, 3.63) is 48.5 Å². The third kappa shape index (κ3) is 3.70. The Hall–Kier alpha value is -2.14. The number of carbonyl (C=O) groups excluding carboxylic acids is 1. The summed E-state index contributed by atoms with van der Waals surface area (Å²) in [5, 5.41) is 9.53. The van der Waals surface area contributed by atoms with E-state index in [2.05, 4.69) is 4.98 Å². The second kappa shape index (κ2) is 6.54. The molecule has 0 saturated heterocycles. The van der Waals surface area contributed by atoms with Gasteiger partial charge < -0.3 is 14.6 Å². The first kappa shape index (κ1) is 15.3. The predicted molar refractivity (Wildman–Crippen MR) is 81.4 cm³/mol. The Balaban J connectivity index is 2.18. The second-order valence-electron chi connectivity index (χ2n) is 5.42. The summed E-state index contributed by atoms with van der Waals surface area (Å²) >= 11 is 0. The molecule has 0 aliphatic heterocycles. The van der Waals surface area contributed by atoms with E-state index in [0.29, 0.717) is 12.1 Å². The molecular formula is C16H21N3O2. The fourth-order valence-corrected chi connectivity index (χ4v) is 2.17. The summed E-state index contributed by atoms with van der Waals surface area (Å²) in [6.45, 7) is 5.91. The summed E-state index contributed by atoms with van der Waals surface area (Å²) in [5.41, 5.74) is 1.57. The van der Waals surface area contributed by atoms with Crippen LogP contribution in [0.1, 0.15) is 31.1 Å². The number of imidazole rings is 1. The zero-order valence-corrected chi connectivity index (χ0v) is 12.6. The fourth-order valence-electron chi connectivity index (χ4n) is 2.17. The summed E-state index contributed by atoms with van der Waals surface area (Å²) in [6, 6.07) is 7.41. The molecule has 2 aromatic rings. The predicted octanol–water partition coefficient (Wildman–Crippen LogP) is 2.10. The van der Waals surface area contributed by atoms with Crippen LogP contribution >= 0.6 is 0 Å². The summed E-state index contributed by atoms with van der Waals surface area (Å²) in [5.74, 6) is -0.0666. The number of aliphatic hydroxyl groups is 1. The maximum atomic E-state index is 12.5. The number of rotatable bonds is 5. The van der Waals surface area contributed by atoms with Gasteiger partial charge in [-0.3, -0.25) is 4.79 Å². The van der Waals surface area contributed by atoms with E-state index in [1.165, 1.54) is 0 Å². The summed E-state index contributed by atoms with van der Waals surface area (Å²) < 4.78 is 1.88. The molecule has 0 radical (unpaired) electrons. The number of nitrogens with zero attached hydrogens (tertiary/aromatic N) is 3. The third-order valence-corrected chi connectivity index (χ3v) is 3.26. The molecule has 2 rings (SSSR count). The van der Waals surface area contributed by atoms with E-state index in [9.17, 15) is 9.90 Å². The van der Waals surface area contributed by atoms with Gasteiger partial charge in [-0.1, -0.05) is 0 Å². The lowest BCUT2D eigenvalue weighted by atomic mass is 10.1. The van der Waals surface area contributed by atoms with E-state index in [0.717, 1.165) is 5.69 Å². The van der Waals surface area contributed by atoms with Crippen LogP contribution in [0.5, 0.6) is 0 Å². The quantitative estimate of drug-likeness (QED) is 0.916. The Kier molecular flexibility index (Phi) is 4.75. The molecule has 1 aromatic heterocycles. The van der Waals surface area contributed by atoms with Gasteiger partial charge in [0.05, 0.1) is 12.4 Å². The highest BCUT2D eigenvalue weighted by Crippen LogP contribution is 2.13. The monoisotopic (exact) mass is 287 g/mol. The van der Waals surface area contributed by atoms with Crippen LogP contribution in [-0.2, 0) is 0 Å². The number of carbonyl (C=O) groups is 1. The zero-order valence-electron chi connectivity index (χ0n) is 12.6. The highest BCUT2D eigenvalue weighted by molar-refractivity contribution is 5.94. The minimum absolute atomic E-state index is 0.0421. The first-order valence-electron chi connectivity index (χ1n) is 7.06. The molecule has 1 aromatic carbocycles. The zero-order chi connectivity index (χ0) is 15.4. The Morgan fingerprint density at radius 3 is 2.43 bits per heavy atom. The van der Waals surface area contributed by atoms with Crippen LogP contribution < -0.4 is 0 Å². The van der Waals surface area contributed by atoms with Gasteiger partial charge in [-0.05, 0) is 45.0 Å². The van der Waals surface area contributed by atoms with Crippen LogP contribution in [-0.4, -0.2) is 44.2 Å². The van der Waals surface area contributed by atoms with Crippen molar-refractivity contribution < 1.29 is 9.90 Å². The molecule has 1 amide bonds. The number of amides is 1. The van der Waals surface area contributed by atoms with Crippen LogP contribution in [0.25, 0.3) is 5.69 Å². The molecule has 1 atom stereocenters. The van der Waals surface area contributed by atoms with Gasteiger partial charge in [-0.15, -0.1) is 0 Å².